The van der Waals surface area contributed by atoms with Crippen molar-refractivity contribution in [3.8, 4) is 0 Å². The number of carbonyl (C=O) groups is 1. The van der Waals surface area contributed by atoms with E-state index in [9.17, 15) is 4.79 Å². The highest BCUT2D eigenvalue weighted by Crippen LogP contribution is 2.20. The Labute approximate surface area is 115 Å². The molecule has 5 nitrogen and oxygen atoms in total. The number of amides is 2. The average Bonchev–Trinajstić information content (AvgIpc) is 2.82. The van der Waals surface area contributed by atoms with Crippen LogP contribution in [0, 0.1) is 0 Å². The molecule has 3 fully saturated rings. The first-order valence-corrected chi connectivity index (χ1v) is 7.70. The molecule has 0 unspecified atom stereocenters. The lowest BCUT2D eigenvalue weighted by atomic mass is 10.1. The second-order valence-corrected chi connectivity index (χ2v) is 6.33. The maximum absolute atomic E-state index is 12.0. The van der Waals surface area contributed by atoms with Crippen LogP contribution in [0.25, 0.3) is 0 Å². The first-order valence-electron chi connectivity index (χ1n) is 7.70. The molecule has 0 aromatic rings. The monoisotopic (exact) mass is 266 g/mol. The molecule has 2 heterocycles. The molecule has 19 heavy (non-hydrogen) atoms. The minimum Gasteiger partial charge on any atom is -0.335 e. The topological polar surface area (TPSA) is 38.8 Å². The quantitative estimate of drug-likeness (QED) is 0.794. The lowest BCUT2D eigenvalue weighted by molar-refractivity contribution is 0.0280. The molecule has 2 amide bonds. The lowest BCUT2D eigenvalue weighted by Gasteiger charge is -2.47. The van der Waals surface area contributed by atoms with Gasteiger partial charge < -0.3 is 15.1 Å². The molecule has 0 bridgehead atoms. The highest BCUT2D eigenvalue weighted by Gasteiger charge is 2.36. The Hall–Kier alpha value is -0.810. The second-order valence-electron chi connectivity index (χ2n) is 6.33. The number of piperazine rings is 1. The first kappa shape index (κ1) is 13.2. The van der Waals surface area contributed by atoms with Gasteiger partial charge in [-0.2, -0.15) is 0 Å². The summed E-state index contributed by atoms with van der Waals surface area (Å²) in [6.45, 7) is 6.46. The SMILES string of the molecule is CN1CCN(C2CN(C(=O)NC3CCCC3)C2)CC1. The molecule has 3 aliphatic rings. The van der Waals surface area contributed by atoms with Gasteiger partial charge in [-0.3, -0.25) is 4.90 Å². The van der Waals surface area contributed by atoms with Crippen LogP contribution in [0.2, 0.25) is 0 Å². The van der Waals surface area contributed by atoms with Crippen LogP contribution in [0.4, 0.5) is 4.79 Å². The van der Waals surface area contributed by atoms with Gasteiger partial charge in [0.05, 0.1) is 0 Å². The van der Waals surface area contributed by atoms with E-state index in [-0.39, 0.29) is 6.03 Å². The molecule has 0 aromatic heterocycles. The van der Waals surface area contributed by atoms with Crippen LogP contribution in [-0.2, 0) is 0 Å². The number of nitrogens with one attached hydrogen (secondary N) is 1. The normalized spacial score (nSPS) is 27.5. The van der Waals surface area contributed by atoms with Gasteiger partial charge in [-0.05, 0) is 19.9 Å². The van der Waals surface area contributed by atoms with Gasteiger partial charge in [0.2, 0.25) is 0 Å². The fourth-order valence-electron chi connectivity index (χ4n) is 3.38. The average molecular weight is 266 g/mol. The molecule has 2 aliphatic heterocycles. The number of hydrogen-bond acceptors (Lipinski definition) is 3. The van der Waals surface area contributed by atoms with E-state index in [1.165, 1.54) is 25.7 Å². The minimum atomic E-state index is 0.164. The van der Waals surface area contributed by atoms with Crippen LogP contribution in [0.3, 0.4) is 0 Å². The summed E-state index contributed by atoms with van der Waals surface area (Å²) < 4.78 is 0. The van der Waals surface area contributed by atoms with Gasteiger partial charge in [0.1, 0.15) is 0 Å². The van der Waals surface area contributed by atoms with Crippen molar-refractivity contribution in [2.24, 2.45) is 0 Å². The van der Waals surface area contributed by atoms with Crippen LogP contribution in [-0.4, -0.2) is 79.1 Å². The summed E-state index contributed by atoms with van der Waals surface area (Å²) >= 11 is 0. The molecule has 0 spiro atoms. The van der Waals surface area contributed by atoms with Crippen molar-refractivity contribution in [3.63, 3.8) is 0 Å². The largest absolute Gasteiger partial charge is 0.335 e. The Bertz CT molecular complexity index is 315. The molecule has 1 N–H and O–H groups in total. The Morgan fingerprint density at radius 1 is 1.05 bits per heavy atom. The molecular formula is C14H26N4O. The van der Waals surface area contributed by atoms with Crippen molar-refractivity contribution in [3.05, 3.63) is 0 Å². The maximum Gasteiger partial charge on any atom is 0.317 e. The van der Waals surface area contributed by atoms with Crippen LogP contribution in [0.1, 0.15) is 25.7 Å². The molecule has 108 valence electrons. The molecule has 0 radical (unpaired) electrons. The zero-order chi connectivity index (χ0) is 13.2. The van der Waals surface area contributed by atoms with Crippen LogP contribution < -0.4 is 5.32 Å². The van der Waals surface area contributed by atoms with Crippen LogP contribution >= 0.6 is 0 Å². The molecule has 2 saturated heterocycles. The van der Waals surface area contributed by atoms with E-state index in [4.69, 9.17) is 0 Å². The highest BCUT2D eigenvalue weighted by molar-refractivity contribution is 5.75. The van der Waals surface area contributed by atoms with E-state index in [2.05, 4.69) is 22.2 Å². The Balaban J connectivity index is 1.38. The third-order valence-electron chi connectivity index (χ3n) is 4.89. The summed E-state index contributed by atoms with van der Waals surface area (Å²) in [5, 5.41) is 3.17. The first-order chi connectivity index (χ1) is 9.22. The van der Waals surface area contributed by atoms with E-state index in [0.29, 0.717) is 12.1 Å². The Morgan fingerprint density at radius 3 is 2.32 bits per heavy atom. The van der Waals surface area contributed by atoms with Gasteiger partial charge in [0.15, 0.2) is 0 Å². The van der Waals surface area contributed by atoms with Crippen LogP contribution in [0.15, 0.2) is 0 Å². The van der Waals surface area contributed by atoms with Gasteiger partial charge in [0, 0.05) is 51.4 Å². The Morgan fingerprint density at radius 2 is 1.68 bits per heavy atom. The number of carbonyl (C=O) groups excluding carboxylic acids is 1. The highest BCUT2D eigenvalue weighted by atomic mass is 16.2. The zero-order valence-corrected chi connectivity index (χ0v) is 12.0. The predicted molar refractivity (Wildman–Crippen MR) is 75.2 cm³/mol. The summed E-state index contributed by atoms with van der Waals surface area (Å²) in [4.78, 5) is 18.9. The van der Waals surface area contributed by atoms with Gasteiger partial charge in [0.25, 0.3) is 0 Å². The fourth-order valence-corrected chi connectivity index (χ4v) is 3.38. The van der Waals surface area contributed by atoms with Crippen molar-refractivity contribution in [1.29, 1.82) is 0 Å². The second kappa shape index (κ2) is 5.67. The smallest absolute Gasteiger partial charge is 0.317 e. The van der Waals surface area contributed by atoms with E-state index >= 15 is 0 Å². The third kappa shape index (κ3) is 3.03. The van der Waals surface area contributed by atoms with Gasteiger partial charge >= 0.3 is 6.03 Å². The molecule has 3 rings (SSSR count). The van der Waals surface area contributed by atoms with E-state index in [1.54, 1.807) is 0 Å². The number of likely N-dealkylation sites (tertiary alicyclic amines) is 1. The summed E-state index contributed by atoms with van der Waals surface area (Å²) in [7, 11) is 2.18. The summed E-state index contributed by atoms with van der Waals surface area (Å²) in [5.41, 5.74) is 0. The van der Waals surface area contributed by atoms with Crippen molar-refractivity contribution >= 4 is 6.03 Å². The molecular weight excluding hydrogens is 240 g/mol. The number of likely N-dealkylation sites (N-methyl/N-ethyl adjacent to an activating group) is 1. The number of hydrogen-bond donors (Lipinski definition) is 1. The minimum absolute atomic E-state index is 0.164. The number of urea groups is 1. The zero-order valence-electron chi connectivity index (χ0n) is 12.0. The number of rotatable bonds is 2. The van der Waals surface area contributed by atoms with Crippen molar-refractivity contribution in [2.45, 2.75) is 37.8 Å². The molecule has 0 atom stereocenters. The third-order valence-corrected chi connectivity index (χ3v) is 4.89. The fraction of sp³-hybridized carbons (Fsp3) is 0.929. The summed E-state index contributed by atoms with van der Waals surface area (Å²) in [6.07, 6.45) is 4.88. The van der Waals surface area contributed by atoms with Crippen molar-refractivity contribution in [1.82, 2.24) is 20.0 Å². The maximum atomic E-state index is 12.0. The van der Waals surface area contributed by atoms with Gasteiger partial charge in [-0.25, -0.2) is 4.79 Å². The van der Waals surface area contributed by atoms with E-state index in [0.717, 1.165) is 39.3 Å². The van der Waals surface area contributed by atoms with Crippen molar-refractivity contribution < 1.29 is 4.79 Å². The molecule has 0 aromatic carbocycles. The molecule has 5 heteroatoms. The standard InChI is InChI=1S/C14H26N4O/c1-16-6-8-17(9-7-16)13-10-18(11-13)14(19)15-12-4-2-3-5-12/h12-13H,2-11H2,1H3,(H,15,19). The molecule has 1 saturated carbocycles. The summed E-state index contributed by atoms with van der Waals surface area (Å²) in [5.74, 6) is 0. The van der Waals surface area contributed by atoms with E-state index in [1.807, 2.05) is 4.90 Å². The Kier molecular flexibility index (Phi) is 3.93. The van der Waals surface area contributed by atoms with Crippen molar-refractivity contribution in [2.75, 3.05) is 46.3 Å². The number of nitrogens with zero attached hydrogens (tertiary/aromatic N) is 3. The van der Waals surface area contributed by atoms with E-state index < -0.39 is 0 Å². The van der Waals surface area contributed by atoms with Gasteiger partial charge in [-0.15, -0.1) is 0 Å². The lowest BCUT2D eigenvalue weighted by Crippen LogP contribution is -2.65. The van der Waals surface area contributed by atoms with Crippen LogP contribution in [0.5, 0.6) is 0 Å². The molecule has 1 aliphatic carbocycles. The summed E-state index contributed by atoms with van der Waals surface area (Å²) in [6, 6.07) is 1.20. The van der Waals surface area contributed by atoms with Gasteiger partial charge in [-0.1, -0.05) is 12.8 Å². The predicted octanol–water partition coefficient (Wildman–Crippen LogP) is 0.570.